The fourth-order valence-electron chi connectivity index (χ4n) is 2.99. The normalized spacial score (nSPS) is 14.7. The second-order valence-electron chi connectivity index (χ2n) is 6.10. The van der Waals surface area contributed by atoms with Gasteiger partial charge in [0.15, 0.2) is 0 Å². The van der Waals surface area contributed by atoms with Gasteiger partial charge < -0.3 is 4.74 Å². The van der Waals surface area contributed by atoms with E-state index in [9.17, 15) is 9.59 Å². The van der Waals surface area contributed by atoms with Crippen molar-refractivity contribution in [2.24, 2.45) is 0 Å². The van der Waals surface area contributed by atoms with Crippen molar-refractivity contribution in [2.45, 2.75) is 25.2 Å². The average Bonchev–Trinajstić information content (AvgIpc) is 2.68. The van der Waals surface area contributed by atoms with Crippen molar-refractivity contribution in [1.29, 1.82) is 0 Å². The van der Waals surface area contributed by atoms with Crippen molar-refractivity contribution in [3.63, 3.8) is 0 Å². The van der Waals surface area contributed by atoms with Crippen molar-refractivity contribution in [2.75, 3.05) is 13.2 Å². The number of nitrogens with one attached hydrogen (secondary N) is 2. The fourth-order valence-corrected chi connectivity index (χ4v) is 3.19. The molecule has 2 aromatic rings. The van der Waals surface area contributed by atoms with E-state index in [0.717, 1.165) is 18.4 Å². The lowest BCUT2D eigenvalue weighted by molar-refractivity contribution is -0.121. The summed E-state index contributed by atoms with van der Waals surface area (Å²) in [6, 6.07) is 10.8. The summed E-state index contributed by atoms with van der Waals surface area (Å²) < 4.78 is 5.38. The van der Waals surface area contributed by atoms with Gasteiger partial charge in [0.05, 0.1) is 6.42 Å². The number of aromatic nitrogens is 1. The Hall–Kier alpha value is -2.44. The highest BCUT2D eigenvalue weighted by Gasteiger charge is 2.22. The lowest BCUT2D eigenvalue weighted by Gasteiger charge is -2.23. The molecular weight excluding hydrogens is 354 g/mol. The van der Waals surface area contributed by atoms with Crippen LogP contribution in [-0.4, -0.2) is 30.0 Å². The molecule has 1 aliphatic heterocycles. The Morgan fingerprint density at radius 2 is 1.88 bits per heavy atom. The molecule has 0 saturated carbocycles. The van der Waals surface area contributed by atoms with Crippen molar-refractivity contribution in [1.82, 2.24) is 15.8 Å². The SMILES string of the molecule is O=C(Cc1ccccc1Cl)NNC(=O)c1ncccc1C1CCOCC1. The van der Waals surface area contributed by atoms with E-state index in [-0.39, 0.29) is 18.2 Å². The standard InChI is InChI=1S/C19H20ClN3O3/c20-16-6-2-1-4-14(16)12-17(24)22-23-19(25)18-15(5-3-9-21-18)13-7-10-26-11-8-13/h1-6,9,13H,7-8,10-12H2,(H,22,24)(H,23,25). The molecule has 1 aromatic heterocycles. The summed E-state index contributed by atoms with van der Waals surface area (Å²) in [5.74, 6) is -0.549. The van der Waals surface area contributed by atoms with Crippen LogP contribution in [0.3, 0.4) is 0 Å². The van der Waals surface area contributed by atoms with Crippen LogP contribution >= 0.6 is 11.6 Å². The number of amides is 2. The Labute approximate surface area is 156 Å². The zero-order valence-corrected chi connectivity index (χ0v) is 15.0. The third-order valence-corrected chi connectivity index (χ3v) is 4.71. The number of ether oxygens (including phenoxy) is 1. The number of benzene rings is 1. The molecule has 1 aromatic carbocycles. The minimum absolute atomic E-state index is 0.0784. The predicted octanol–water partition coefficient (Wildman–Crippen LogP) is 2.63. The number of hydrazine groups is 1. The average molecular weight is 374 g/mol. The molecule has 2 N–H and O–H groups in total. The minimum atomic E-state index is -0.431. The second kappa shape index (κ2) is 8.78. The van der Waals surface area contributed by atoms with E-state index in [4.69, 9.17) is 16.3 Å². The van der Waals surface area contributed by atoms with Crippen LogP contribution in [0.4, 0.5) is 0 Å². The number of nitrogens with zero attached hydrogens (tertiary/aromatic N) is 1. The zero-order chi connectivity index (χ0) is 18.4. The number of rotatable bonds is 4. The molecule has 1 aliphatic rings. The maximum absolute atomic E-state index is 12.5. The first-order valence-electron chi connectivity index (χ1n) is 8.50. The number of hydrogen-bond donors (Lipinski definition) is 2. The summed E-state index contributed by atoms with van der Waals surface area (Å²) in [6.45, 7) is 1.35. The highest BCUT2D eigenvalue weighted by Crippen LogP contribution is 2.28. The summed E-state index contributed by atoms with van der Waals surface area (Å²) in [4.78, 5) is 28.8. The van der Waals surface area contributed by atoms with E-state index >= 15 is 0 Å². The molecule has 26 heavy (non-hydrogen) atoms. The first-order chi connectivity index (χ1) is 12.6. The second-order valence-corrected chi connectivity index (χ2v) is 6.51. The summed E-state index contributed by atoms with van der Waals surface area (Å²) in [5.41, 5.74) is 6.78. The van der Waals surface area contributed by atoms with Crippen LogP contribution in [0.15, 0.2) is 42.6 Å². The van der Waals surface area contributed by atoms with Crippen LogP contribution in [-0.2, 0) is 16.0 Å². The number of pyridine rings is 1. The van der Waals surface area contributed by atoms with Gasteiger partial charge in [0.2, 0.25) is 5.91 Å². The lowest BCUT2D eigenvalue weighted by Crippen LogP contribution is -2.43. The maximum Gasteiger partial charge on any atom is 0.288 e. The van der Waals surface area contributed by atoms with Gasteiger partial charge in [-0.25, -0.2) is 0 Å². The summed E-state index contributed by atoms with van der Waals surface area (Å²) in [7, 11) is 0. The van der Waals surface area contributed by atoms with E-state index in [1.54, 1.807) is 30.5 Å². The monoisotopic (exact) mass is 373 g/mol. The number of carbonyl (C=O) groups excluding carboxylic acids is 2. The number of halogens is 1. The highest BCUT2D eigenvalue weighted by molar-refractivity contribution is 6.31. The van der Waals surface area contributed by atoms with Crippen LogP contribution < -0.4 is 10.9 Å². The molecule has 136 valence electrons. The van der Waals surface area contributed by atoms with Gasteiger partial charge in [-0.1, -0.05) is 35.9 Å². The molecule has 7 heteroatoms. The molecule has 0 atom stereocenters. The molecular formula is C19H20ClN3O3. The Bertz CT molecular complexity index is 791. The Balaban J connectivity index is 1.61. The van der Waals surface area contributed by atoms with Crippen LogP contribution in [0.5, 0.6) is 0 Å². The first-order valence-corrected chi connectivity index (χ1v) is 8.88. The van der Waals surface area contributed by atoms with Gasteiger partial charge in [0, 0.05) is 24.4 Å². The maximum atomic E-state index is 12.5. The topological polar surface area (TPSA) is 80.3 Å². The van der Waals surface area contributed by atoms with Crippen LogP contribution in [0.2, 0.25) is 5.02 Å². The highest BCUT2D eigenvalue weighted by atomic mass is 35.5. The molecule has 0 spiro atoms. The van der Waals surface area contributed by atoms with E-state index < -0.39 is 5.91 Å². The molecule has 2 amide bonds. The number of hydrogen-bond acceptors (Lipinski definition) is 4. The molecule has 0 unspecified atom stereocenters. The first kappa shape index (κ1) is 18.4. The summed E-state index contributed by atoms with van der Waals surface area (Å²) in [6.07, 6.45) is 3.36. The molecule has 1 fully saturated rings. The van der Waals surface area contributed by atoms with E-state index in [0.29, 0.717) is 29.5 Å². The van der Waals surface area contributed by atoms with Crippen LogP contribution in [0.1, 0.15) is 40.4 Å². The van der Waals surface area contributed by atoms with Gasteiger partial charge in [-0.15, -0.1) is 0 Å². The Kier molecular flexibility index (Phi) is 6.20. The third kappa shape index (κ3) is 4.59. The molecule has 1 saturated heterocycles. The zero-order valence-electron chi connectivity index (χ0n) is 14.2. The molecule has 0 aliphatic carbocycles. The van der Waals surface area contributed by atoms with Crippen molar-refractivity contribution < 1.29 is 14.3 Å². The van der Waals surface area contributed by atoms with Gasteiger partial charge in [0.25, 0.3) is 5.91 Å². The van der Waals surface area contributed by atoms with E-state index in [2.05, 4.69) is 15.8 Å². The quantitative estimate of drug-likeness (QED) is 0.807. The largest absolute Gasteiger partial charge is 0.381 e. The van der Waals surface area contributed by atoms with Crippen LogP contribution in [0.25, 0.3) is 0 Å². The molecule has 0 radical (unpaired) electrons. The van der Waals surface area contributed by atoms with Gasteiger partial charge >= 0.3 is 0 Å². The molecule has 6 nitrogen and oxygen atoms in total. The molecule has 0 bridgehead atoms. The number of carbonyl (C=O) groups is 2. The Morgan fingerprint density at radius 3 is 2.65 bits per heavy atom. The van der Waals surface area contributed by atoms with Gasteiger partial charge in [-0.05, 0) is 42.0 Å². The summed E-state index contributed by atoms with van der Waals surface area (Å²) in [5, 5.41) is 0.514. The van der Waals surface area contributed by atoms with Crippen molar-refractivity contribution in [3.8, 4) is 0 Å². The fraction of sp³-hybridized carbons (Fsp3) is 0.316. The molecule has 3 rings (SSSR count). The third-order valence-electron chi connectivity index (χ3n) is 4.34. The van der Waals surface area contributed by atoms with Gasteiger partial charge in [0.1, 0.15) is 5.69 Å². The van der Waals surface area contributed by atoms with Crippen molar-refractivity contribution in [3.05, 3.63) is 64.4 Å². The Morgan fingerprint density at radius 1 is 1.12 bits per heavy atom. The van der Waals surface area contributed by atoms with Crippen molar-refractivity contribution >= 4 is 23.4 Å². The van der Waals surface area contributed by atoms with Gasteiger partial charge in [-0.3, -0.25) is 25.4 Å². The molecule has 2 heterocycles. The summed E-state index contributed by atoms with van der Waals surface area (Å²) >= 11 is 6.05. The van der Waals surface area contributed by atoms with Crippen LogP contribution in [0, 0.1) is 0 Å². The van der Waals surface area contributed by atoms with E-state index in [1.165, 1.54) is 0 Å². The predicted molar refractivity (Wildman–Crippen MR) is 97.8 cm³/mol. The van der Waals surface area contributed by atoms with Gasteiger partial charge in [-0.2, -0.15) is 0 Å². The smallest absolute Gasteiger partial charge is 0.288 e. The van der Waals surface area contributed by atoms with E-state index in [1.807, 2.05) is 12.1 Å². The lowest BCUT2D eigenvalue weighted by atomic mass is 9.90. The minimum Gasteiger partial charge on any atom is -0.381 e.